The molecule has 2 rings (SSSR count). The molecular formula is C21H25FN2O3. The van der Waals surface area contributed by atoms with E-state index in [1.165, 1.54) is 18.2 Å². The number of carbonyl (C=O) groups excluding carboxylic acids is 2. The van der Waals surface area contributed by atoms with E-state index in [4.69, 9.17) is 4.74 Å². The fraction of sp³-hybridized carbons (Fsp3) is 0.333. The minimum atomic E-state index is -0.650. The van der Waals surface area contributed by atoms with Gasteiger partial charge in [0.2, 0.25) is 5.91 Å². The zero-order chi connectivity index (χ0) is 20.2. The van der Waals surface area contributed by atoms with Crippen LogP contribution in [-0.4, -0.2) is 18.9 Å². The minimum absolute atomic E-state index is 0.123. The van der Waals surface area contributed by atoms with Gasteiger partial charge in [-0.15, -0.1) is 0 Å². The van der Waals surface area contributed by atoms with Crippen LogP contribution in [0.2, 0.25) is 0 Å². The summed E-state index contributed by atoms with van der Waals surface area (Å²) in [7, 11) is 1.58. The second-order valence-electron chi connectivity index (χ2n) is 7.37. The van der Waals surface area contributed by atoms with Gasteiger partial charge in [-0.25, -0.2) is 4.39 Å². The summed E-state index contributed by atoms with van der Waals surface area (Å²) in [5.74, 6) is -0.705. The molecule has 5 nitrogen and oxygen atoms in total. The molecule has 0 aliphatic rings. The number of methoxy groups -OCH3 is 1. The Labute approximate surface area is 158 Å². The fourth-order valence-electron chi connectivity index (χ4n) is 2.35. The maximum Gasteiger partial charge on any atom is 0.254 e. The number of halogens is 1. The van der Waals surface area contributed by atoms with E-state index in [1.807, 2.05) is 19.1 Å². The van der Waals surface area contributed by atoms with Crippen molar-refractivity contribution in [2.75, 3.05) is 12.4 Å². The van der Waals surface area contributed by atoms with Gasteiger partial charge in [0, 0.05) is 11.1 Å². The quantitative estimate of drug-likeness (QED) is 0.822. The summed E-state index contributed by atoms with van der Waals surface area (Å²) in [4.78, 5) is 24.6. The van der Waals surface area contributed by atoms with E-state index in [0.717, 1.165) is 5.56 Å². The molecule has 1 unspecified atom stereocenters. The van der Waals surface area contributed by atoms with Crippen LogP contribution < -0.4 is 15.4 Å². The molecule has 0 heterocycles. The van der Waals surface area contributed by atoms with E-state index in [9.17, 15) is 14.0 Å². The summed E-state index contributed by atoms with van der Waals surface area (Å²) in [6.45, 7) is 7.13. The molecule has 0 bridgehead atoms. The lowest BCUT2D eigenvalue weighted by molar-refractivity contribution is -0.123. The highest BCUT2D eigenvalue weighted by Gasteiger charge is 2.22. The third kappa shape index (κ3) is 5.29. The van der Waals surface area contributed by atoms with Crippen molar-refractivity contribution in [1.29, 1.82) is 0 Å². The Kier molecular flexibility index (Phi) is 6.20. The molecule has 0 spiro atoms. The van der Waals surface area contributed by atoms with Gasteiger partial charge in [0.25, 0.3) is 5.91 Å². The minimum Gasteiger partial charge on any atom is -0.497 e. The highest BCUT2D eigenvalue weighted by atomic mass is 19.1. The summed E-state index contributed by atoms with van der Waals surface area (Å²) >= 11 is 0. The van der Waals surface area contributed by atoms with Crippen molar-refractivity contribution in [3.63, 3.8) is 0 Å². The highest BCUT2D eigenvalue weighted by molar-refractivity contribution is 5.98. The van der Waals surface area contributed by atoms with Crippen molar-refractivity contribution in [2.24, 2.45) is 5.41 Å². The number of benzene rings is 2. The lowest BCUT2D eigenvalue weighted by atomic mass is 9.95. The maximum atomic E-state index is 14.2. The van der Waals surface area contributed by atoms with Crippen LogP contribution in [0.3, 0.4) is 0 Å². The third-order valence-corrected chi connectivity index (χ3v) is 4.11. The van der Waals surface area contributed by atoms with Gasteiger partial charge in [-0.1, -0.05) is 32.9 Å². The van der Waals surface area contributed by atoms with Crippen molar-refractivity contribution in [2.45, 2.75) is 33.7 Å². The summed E-state index contributed by atoms with van der Waals surface area (Å²) in [5, 5.41) is 5.47. The average molecular weight is 372 g/mol. The Hall–Kier alpha value is -2.89. The number of hydrogen-bond acceptors (Lipinski definition) is 3. The van der Waals surface area contributed by atoms with E-state index in [0.29, 0.717) is 11.4 Å². The molecular weight excluding hydrogens is 347 g/mol. The first kappa shape index (κ1) is 20.4. The van der Waals surface area contributed by atoms with Gasteiger partial charge in [-0.2, -0.15) is 0 Å². The lowest BCUT2D eigenvalue weighted by Gasteiger charge is -2.18. The maximum absolute atomic E-state index is 14.2. The molecule has 0 saturated heterocycles. The first-order valence-corrected chi connectivity index (χ1v) is 8.67. The Morgan fingerprint density at radius 2 is 1.70 bits per heavy atom. The zero-order valence-electron chi connectivity index (χ0n) is 16.2. The van der Waals surface area contributed by atoms with E-state index in [-0.39, 0.29) is 17.5 Å². The van der Waals surface area contributed by atoms with Gasteiger partial charge in [-0.05, 0) is 42.8 Å². The van der Waals surface area contributed by atoms with Gasteiger partial charge < -0.3 is 15.4 Å². The molecule has 2 aromatic rings. The molecule has 0 radical (unpaired) electrons. The summed E-state index contributed by atoms with van der Waals surface area (Å²) in [6.07, 6.45) is 0. The predicted octanol–water partition coefficient (Wildman–Crippen LogP) is 4.31. The molecule has 0 saturated carbocycles. The Morgan fingerprint density at radius 1 is 1.07 bits per heavy atom. The Balaban J connectivity index is 2.14. The molecule has 0 aliphatic heterocycles. The van der Waals surface area contributed by atoms with Gasteiger partial charge >= 0.3 is 0 Å². The summed E-state index contributed by atoms with van der Waals surface area (Å²) < 4.78 is 19.3. The van der Waals surface area contributed by atoms with Crippen LogP contribution >= 0.6 is 0 Å². The van der Waals surface area contributed by atoms with Crippen molar-refractivity contribution in [1.82, 2.24) is 5.32 Å². The van der Waals surface area contributed by atoms with Gasteiger partial charge in [0.05, 0.1) is 18.7 Å². The lowest BCUT2D eigenvalue weighted by Crippen LogP contribution is -2.29. The standard InChI is InChI=1S/C21H25FN2O3/c1-13(14-6-9-16(27-5)10-7-14)23-19(25)17-12-15(8-11-18(17)22)24-20(26)21(2,3)4/h6-13H,1-5H3,(H,23,25)(H,24,26). The SMILES string of the molecule is COc1ccc(C(C)NC(=O)c2cc(NC(=O)C(C)(C)C)ccc2F)cc1. The fourth-order valence-corrected chi connectivity index (χ4v) is 2.35. The molecule has 0 aliphatic carbocycles. The van der Waals surface area contributed by atoms with Crippen LogP contribution in [0, 0.1) is 11.2 Å². The van der Waals surface area contributed by atoms with Crippen molar-refractivity contribution in [3.8, 4) is 5.75 Å². The van der Waals surface area contributed by atoms with Crippen LogP contribution in [0.4, 0.5) is 10.1 Å². The van der Waals surface area contributed by atoms with Gasteiger partial charge in [0.15, 0.2) is 0 Å². The molecule has 6 heteroatoms. The van der Waals surface area contributed by atoms with Crippen LogP contribution in [0.1, 0.15) is 49.7 Å². The van der Waals surface area contributed by atoms with Crippen molar-refractivity contribution < 1.29 is 18.7 Å². The second kappa shape index (κ2) is 8.20. The van der Waals surface area contributed by atoms with Gasteiger partial charge in [-0.3, -0.25) is 9.59 Å². The smallest absolute Gasteiger partial charge is 0.254 e. The first-order valence-electron chi connectivity index (χ1n) is 8.67. The van der Waals surface area contributed by atoms with E-state index >= 15 is 0 Å². The average Bonchev–Trinajstić information content (AvgIpc) is 2.62. The topological polar surface area (TPSA) is 67.4 Å². The molecule has 2 aromatic carbocycles. The first-order chi connectivity index (χ1) is 12.6. The molecule has 27 heavy (non-hydrogen) atoms. The molecule has 2 amide bonds. The van der Waals surface area contributed by atoms with E-state index < -0.39 is 17.1 Å². The number of carbonyl (C=O) groups is 2. The normalized spacial score (nSPS) is 12.2. The van der Waals surface area contributed by atoms with Crippen LogP contribution in [0.15, 0.2) is 42.5 Å². The second-order valence-corrected chi connectivity index (χ2v) is 7.37. The monoisotopic (exact) mass is 372 g/mol. The molecule has 2 N–H and O–H groups in total. The molecule has 0 aromatic heterocycles. The Bertz CT molecular complexity index is 826. The Morgan fingerprint density at radius 3 is 2.26 bits per heavy atom. The van der Waals surface area contributed by atoms with E-state index in [2.05, 4.69) is 10.6 Å². The van der Waals surface area contributed by atoms with E-state index in [1.54, 1.807) is 40.0 Å². The largest absolute Gasteiger partial charge is 0.497 e. The third-order valence-electron chi connectivity index (χ3n) is 4.11. The summed E-state index contributed by atoms with van der Waals surface area (Å²) in [5.41, 5.74) is 0.516. The zero-order valence-corrected chi connectivity index (χ0v) is 16.2. The number of amides is 2. The number of ether oxygens (including phenoxy) is 1. The number of hydrogen-bond donors (Lipinski definition) is 2. The highest BCUT2D eigenvalue weighted by Crippen LogP contribution is 2.21. The molecule has 144 valence electrons. The molecule has 1 atom stereocenters. The van der Waals surface area contributed by atoms with Crippen molar-refractivity contribution in [3.05, 3.63) is 59.4 Å². The van der Waals surface area contributed by atoms with Crippen molar-refractivity contribution >= 4 is 17.5 Å². The summed E-state index contributed by atoms with van der Waals surface area (Å²) in [6, 6.07) is 10.9. The van der Waals surface area contributed by atoms with Crippen LogP contribution in [-0.2, 0) is 4.79 Å². The van der Waals surface area contributed by atoms with Gasteiger partial charge in [0.1, 0.15) is 11.6 Å². The number of anilines is 1. The predicted molar refractivity (Wildman–Crippen MR) is 103 cm³/mol. The number of nitrogens with one attached hydrogen (secondary N) is 2. The van der Waals surface area contributed by atoms with Crippen LogP contribution in [0.25, 0.3) is 0 Å². The molecule has 0 fully saturated rings. The van der Waals surface area contributed by atoms with Crippen LogP contribution in [0.5, 0.6) is 5.75 Å². The number of rotatable bonds is 5.